The second-order valence-corrected chi connectivity index (χ2v) is 7.19. The van der Waals surface area contributed by atoms with Crippen molar-refractivity contribution < 1.29 is 52.7 Å². The molecule has 0 radical (unpaired) electrons. The van der Waals surface area contributed by atoms with Crippen molar-refractivity contribution in [2.24, 2.45) is 0 Å². The summed E-state index contributed by atoms with van der Waals surface area (Å²) in [7, 11) is -3.15. The zero-order chi connectivity index (χ0) is 18.4. The molecule has 0 saturated heterocycles. The summed E-state index contributed by atoms with van der Waals surface area (Å²) in [6, 6.07) is 0. The number of alkyl halides is 12. The molecule has 0 saturated carbocycles. The Bertz CT molecular complexity index is 320. The van der Waals surface area contributed by atoms with Crippen LogP contribution in [0.3, 0.4) is 0 Å². The van der Waals surface area contributed by atoms with Crippen molar-refractivity contribution in [3.05, 3.63) is 0 Å². The molecule has 0 bridgehead atoms. The molecule has 0 aliphatic rings. The predicted molar refractivity (Wildman–Crippen MR) is 56.2 cm³/mol. The van der Waals surface area contributed by atoms with Gasteiger partial charge in [-0.1, -0.05) is 21.6 Å². The summed E-state index contributed by atoms with van der Waals surface area (Å²) < 4.78 is 140. The van der Waals surface area contributed by atoms with Crippen LogP contribution in [0.2, 0.25) is 0 Å². The van der Waals surface area contributed by atoms with Crippen molar-refractivity contribution in [3.8, 4) is 0 Å². The highest BCUT2D eigenvalue weighted by Gasteiger charge is 2.73. The smallest absolute Gasteiger partial charge is 0.169 e. The molecule has 0 aliphatic heterocycles. The van der Waals surface area contributed by atoms with E-state index in [-0.39, 0.29) is 0 Å². The average Bonchev–Trinajstić information content (AvgIpc) is 2.18. The number of rotatable bonds is 3. The third kappa shape index (κ3) is 3.85. The van der Waals surface area contributed by atoms with Gasteiger partial charge in [0.2, 0.25) is 9.49 Å². The van der Waals surface area contributed by atoms with Crippen molar-refractivity contribution in [2.45, 2.75) is 48.0 Å². The van der Waals surface area contributed by atoms with Gasteiger partial charge in [-0.05, 0) is 13.8 Å². The van der Waals surface area contributed by atoms with E-state index >= 15 is 0 Å². The fraction of sp³-hybridized carbons (Fsp3) is 1.00. The number of hydrogen-bond acceptors (Lipinski definition) is 2. The van der Waals surface area contributed by atoms with Gasteiger partial charge >= 0.3 is 24.7 Å². The first-order valence-electron chi connectivity index (χ1n) is 4.84. The number of hydrogen-bond donors (Lipinski definition) is 0. The van der Waals surface area contributed by atoms with Gasteiger partial charge in [0, 0.05) is 0 Å². The third-order valence-electron chi connectivity index (χ3n) is 2.54. The normalized spacial score (nSPS) is 16.1. The van der Waals surface area contributed by atoms with Crippen LogP contribution in [0, 0.1) is 0 Å². The molecular weight excluding hydrogens is 388 g/mol. The molecule has 0 aliphatic carbocycles. The number of halogens is 12. The minimum atomic E-state index is -6.11. The highest BCUT2D eigenvalue weighted by molar-refractivity contribution is 8.77. The van der Waals surface area contributed by atoms with E-state index < -0.39 is 69.6 Å². The minimum absolute atomic E-state index is 0.530. The van der Waals surface area contributed by atoms with Gasteiger partial charge < -0.3 is 0 Å². The molecule has 0 amide bonds. The van der Waals surface area contributed by atoms with Crippen molar-refractivity contribution in [2.75, 3.05) is 0 Å². The van der Waals surface area contributed by atoms with Gasteiger partial charge in [0.1, 0.15) is 0 Å². The summed E-state index contributed by atoms with van der Waals surface area (Å²) in [6.45, 7) is -1.06. The highest BCUT2D eigenvalue weighted by atomic mass is 33.1. The zero-order valence-corrected chi connectivity index (χ0v) is 12.0. The van der Waals surface area contributed by atoms with E-state index in [1.54, 1.807) is 0 Å². The van der Waals surface area contributed by atoms with Gasteiger partial charge in [-0.3, -0.25) is 0 Å². The molecule has 0 atom stereocenters. The summed E-state index contributed by atoms with van der Waals surface area (Å²) in [5, 5.41) is 0. The molecule has 0 nitrogen and oxygen atoms in total. The Balaban J connectivity index is 5.72. The first kappa shape index (κ1) is 21.9. The molecule has 0 spiro atoms. The van der Waals surface area contributed by atoms with Gasteiger partial charge in [0.25, 0.3) is 0 Å². The van der Waals surface area contributed by atoms with E-state index in [4.69, 9.17) is 0 Å². The largest absolute Gasteiger partial charge is 0.412 e. The lowest BCUT2D eigenvalue weighted by Crippen LogP contribution is -2.54. The van der Waals surface area contributed by atoms with E-state index in [1.165, 1.54) is 0 Å². The Kier molecular flexibility index (Phi) is 5.70. The molecule has 0 aromatic rings. The average molecular weight is 394 g/mol. The van der Waals surface area contributed by atoms with E-state index in [1.807, 2.05) is 0 Å². The quantitative estimate of drug-likeness (QED) is 0.417. The maximum Gasteiger partial charge on any atom is 0.412 e. The van der Waals surface area contributed by atoms with Crippen LogP contribution in [0.15, 0.2) is 0 Å². The molecule has 14 heteroatoms. The van der Waals surface area contributed by atoms with Gasteiger partial charge in [0.05, 0.1) is 0 Å². The van der Waals surface area contributed by atoms with Gasteiger partial charge in [-0.15, -0.1) is 0 Å². The Morgan fingerprint density at radius 3 is 0.636 bits per heavy atom. The summed E-state index contributed by atoms with van der Waals surface area (Å²) >= 11 is 0. The van der Waals surface area contributed by atoms with Crippen LogP contribution < -0.4 is 0 Å². The maximum atomic E-state index is 12.5. The summed E-state index contributed by atoms with van der Waals surface area (Å²) in [4.78, 5) is 0. The Morgan fingerprint density at radius 2 is 0.545 bits per heavy atom. The van der Waals surface area contributed by atoms with Crippen molar-refractivity contribution in [3.63, 3.8) is 0 Å². The summed E-state index contributed by atoms with van der Waals surface area (Å²) in [5.74, 6) is 0. The van der Waals surface area contributed by atoms with Gasteiger partial charge in [0.15, 0.2) is 0 Å². The molecule has 0 heterocycles. The Morgan fingerprint density at radius 1 is 0.409 bits per heavy atom. The molecule has 0 aromatic heterocycles. The first-order valence-corrected chi connectivity index (χ1v) is 6.99. The van der Waals surface area contributed by atoms with Crippen LogP contribution in [-0.4, -0.2) is 34.2 Å². The van der Waals surface area contributed by atoms with Gasteiger partial charge in [-0.25, -0.2) is 0 Å². The molecule has 134 valence electrons. The van der Waals surface area contributed by atoms with E-state index in [0.29, 0.717) is 0 Å². The Labute approximate surface area is 123 Å². The monoisotopic (exact) mass is 394 g/mol. The van der Waals surface area contributed by atoms with Crippen molar-refractivity contribution in [1.82, 2.24) is 0 Å². The third-order valence-corrected chi connectivity index (χ3v) is 6.46. The molecule has 0 unspecified atom stereocenters. The van der Waals surface area contributed by atoms with Gasteiger partial charge in [-0.2, -0.15) is 52.7 Å². The van der Waals surface area contributed by atoms with E-state index in [2.05, 4.69) is 0 Å². The van der Waals surface area contributed by atoms with Crippen LogP contribution in [0.25, 0.3) is 0 Å². The SMILES string of the molecule is CC(SSC(C)(C(F)(F)F)C(F)(F)F)(C(F)(F)F)C(F)(F)F. The van der Waals surface area contributed by atoms with Crippen LogP contribution in [0.5, 0.6) is 0 Å². The molecular formula is C8H6F12S2. The van der Waals surface area contributed by atoms with Crippen LogP contribution in [-0.2, 0) is 0 Å². The summed E-state index contributed by atoms with van der Waals surface area (Å²) in [6.07, 6.45) is -24.4. The Hall–Kier alpha value is -0.140. The van der Waals surface area contributed by atoms with Crippen molar-refractivity contribution >= 4 is 21.6 Å². The molecule has 22 heavy (non-hydrogen) atoms. The second kappa shape index (κ2) is 5.74. The topological polar surface area (TPSA) is 0 Å². The lowest BCUT2D eigenvalue weighted by atomic mass is 10.1. The highest BCUT2D eigenvalue weighted by Crippen LogP contribution is 2.63. The minimum Gasteiger partial charge on any atom is -0.169 e. The van der Waals surface area contributed by atoms with Crippen LogP contribution in [0.1, 0.15) is 13.8 Å². The molecule has 0 fully saturated rings. The molecule has 0 rings (SSSR count). The molecule has 0 N–H and O–H groups in total. The fourth-order valence-electron chi connectivity index (χ4n) is 0.677. The summed E-state index contributed by atoms with van der Waals surface area (Å²) in [5.41, 5.74) is 0. The fourth-order valence-corrected chi connectivity index (χ4v) is 3.52. The van der Waals surface area contributed by atoms with Crippen LogP contribution in [0.4, 0.5) is 52.7 Å². The predicted octanol–water partition coefficient (Wildman–Crippen LogP) is 6.13. The standard InChI is InChI=1S/C8H6F12S2/c1-3(5(9,10)11,6(12,13)14)21-22-4(2,7(15,16)17)8(18,19)20/h1-2H3. The van der Waals surface area contributed by atoms with Crippen LogP contribution >= 0.6 is 21.6 Å². The lowest BCUT2D eigenvalue weighted by Gasteiger charge is -2.37. The molecule has 0 aromatic carbocycles. The first-order chi connectivity index (χ1) is 9.21. The van der Waals surface area contributed by atoms with E-state index in [0.717, 1.165) is 0 Å². The maximum absolute atomic E-state index is 12.5. The second-order valence-electron chi connectivity index (χ2n) is 4.22. The zero-order valence-electron chi connectivity index (χ0n) is 10.4. The lowest BCUT2D eigenvalue weighted by molar-refractivity contribution is -0.261. The van der Waals surface area contributed by atoms with E-state index in [9.17, 15) is 52.7 Å². The van der Waals surface area contributed by atoms with Crippen molar-refractivity contribution in [1.29, 1.82) is 0 Å².